The molecule has 0 aliphatic carbocycles. The number of likely N-dealkylation sites (tertiary alicyclic amines) is 1. The van der Waals surface area contributed by atoms with Gasteiger partial charge in [-0.25, -0.2) is 0 Å². The standard InChI is InChI=1S/C14H28N2O2/c1-6-9-15-14(4,12(17)18-5)11-16-10-7-8-13(16,2)3/h15H,6-11H2,1-5H3. The van der Waals surface area contributed by atoms with Crippen molar-refractivity contribution in [1.29, 1.82) is 0 Å². The van der Waals surface area contributed by atoms with E-state index in [2.05, 4.69) is 31.0 Å². The Balaban J connectivity index is 2.75. The van der Waals surface area contributed by atoms with E-state index < -0.39 is 5.54 Å². The maximum Gasteiger partial charge on any atom is 0.327 e. The largest absolute Gasteiger partial charge is 0.468 e. The van der Waals surface area contributed by atoms with Gasteiger partial charge in [0, 0.05) is 12.1 Å². The zero-order valence-corrected chi connectivity index (χ0v) is 12.5. The quantitative estimate of drug-likeness (QED) is 0.736. The fourth-order valence-corrected chi connectivity index (χ4v) is 2.66. The molecular formula is C14H28N2O2. The highest BCUT2D eigenvalue weighted by Gasteiger charge is 2.41. The lowest BCUT2D eigenvalue weighted by atomic mass is 9.97. The van der Waals surface area contributed by atoms with Crippen molar-refractivity contribution in [3.8, 4) is 0 Å². The Morgan fingerprint density at radius 1 is 1.50 bits per heavy atom. The molecule has 1 heterocycles. The third-order valence-electron chi connectivity index (χ3n) is 3.98. The van der Waals surface area contributed by atoms with Gasteiger partial charge < -0.3 is 10.1 Å². The molecule has 1 aliphatic heterocycles. The molecule has 1 fully saturated rings. The minimum absolute atomic E-state index is 0.168. The zero-order valence-electron chi connectivity index (χ0n) is 12.5. The molecule has 0 radical (unpaired) electrons. The van der Waals surface area contributed by atoms with Gasteiger partial charge in [-0.05, 0) is 53.1 Å². The van der Waals surface area contributed by atoms with Crippen molar-refractivity contribution < 1.29 is 9.53 Å². The number of nitrogens with zero attached hydrogens (tertiary/aromatic N) is 1. The molecule has 0 aromatic rings. The third-order valence-corrected chi connectivity index (χ3v) is 3.98. The number of carbonyl (C=O) groups excluding carboxylic acids is 1. The highest BCUT2D eigenvalue weighted by Crippen LogP contribution is 2.29. The summed E-state index contributed by atoms with van der Waals surface area (Å²) in [5.74, 6) is -0.168. The van der Waals surface area contributed by atoms with Crippen LogP contribution in [-0.4, -0.2) is 48.7 Å². The minimum Gasteiger partial charge on any atom is -0.468 e. The minimum atomic E-state index is -0.605. The van der Waals surface area contributed by atoms with Gasteiger partial charge in [0.2, 0.25) is 0 Å². The summed E-state index contributed by atoms with van der Waals surface area (Å²) in [5.41, 5.74) is -0.421. The van der Waals surface area contributed by atoms with Crippen LogP contribution < -0.4 is 5.32 Å². The van der Waals surface area contributed by atoms with Crippen LogP contribution in [-0.2, 0) is 9.53 Å². The van der Waals surface area contributed by atoms with Crippen molar-refractivity contribution in [2.75, 3.05) is 26.7 Å². The number of hydrogen-bond acceptors (Lipinski definition) is 4. The van der Waals surface area contributed by atoms with E-state index in [9.17, 15) is 4.79 Å². The fourth-order valence-electron chi connectivity index (χ4n) is 2.66. The lowest BCUT2D eigenvalue weighted by molar-refractivity contribution is -0.149. The molecule has 1 saturated heterocycles. The summed E-state index contributed by atoms with van der Waals surface area (Å²) < 4.78 is 4.96. The number of carbonyl (C=O) groups is 1. The van der Waals surface area contributed by atoms with E-state index in [1.165, 1.54) is 20.0 Å². The smallest absolute Gasteiger partial charge is 0.327 e. The van der Waals surface area contributed by atoms with Crippen LogP contribution in [0, 0.1) is 0 Å². The van der Waals surface area contributed by atoms with E-state index >= 15 is 0 Å². The van der Waals surface area contributed by atoms with Crippen LogP contribution in [0.25, 0.3) is 0 Å². The second kappa shape index (κ2) is 6.02. The van der Waals surface area contributed by atoms with E-state index in [1.54, 1.807) is 0 Å². The molecule has 4 heteroatoms. The van der Waals surface area contributed by atoms with Crippen molar-refractivity contribution >= 4 is 5.97 Å². The van der Waals surface area contributed by atoms with Gasteiger partial charge in [0.25, 0.3) is 0 Å². The van der Waals surface area contributed by atoms with Crippen molar-refractivity contribution in [3.63, 3.8) is 0 Å². The molecule has 1 N–H and O–H groups in total. The Kier molecular flexibility index (Phi) is 5.17. The van der Waals surface area contributed by atoms with Crippen LogP contribution in [0.15, 0.2) is 0 Å². The van der Waals surface area contributed by atoms with E-state index in [4.69, 9.17) is 4.74 Å². The molecule has 0 saturated carbocycles. The molecule has 1 rings (SSSR count). The Morgan fingerprint density at radius 2 is 2.17 bits per heavy atom. The first-order chi connectivity index (χ1) is 8.35. The number of ether oxygens (including phenoxy) is 1. The molecule has 0 aromatic carbocycles. The van der Waals surface area contributed by atoms with Crippen LogP contribution in [0.3, 0.4) is 0 Å². The maximum atomic E-state index is 12.0. The van der Waals surface area contributed by atoms with Crippen LogP contribution in [0.2, 0.25) is 0 Å². The Labute approximate surface area is 111 Å². The van der Waals surface area contributed by atoms with Gasteiger partial charge in [-0.3, -0.25) is 9.69 Å². The van der Waals surface area contributed by atoms with Crippen LogP contribution >= 0.6 is 0 Å². The summed E-state index contributed by atoms with van der Waals surface area (Å²) in [6.45, 7) is 11.2. The Bertz CT molecular complexity index is 292. The summed E-state index contributed by atoms with van der Waals surface area (Å²) in [4.78, 5) is 14.4. The average molecular weight is 256 g/mol. The van der Waals surface area contributed by atoms with Crippen LogP contribution in [0.1, 0.15) is 47.0 Å². The Morgan fingerprint density at radius 3 is 2.61 bits per heavy atom. The van der Waals surface area contributed by atoms with Crippen LogP contribution in [0.4, 0.5) is 0 Å². The molecule has 1 aliphatic rings. The van der Waals surface area contributed by atoms with E-state index in [-0.39, 0.29) is 11.5 Å². The molecule has 4 nitrogen and oxygen atoms in total. The van der Waals surface area contributed by atoms with E-state index in [1.807, 2.05) is 6.92 Å². The van der Waals surface area contributed by atoms with Gasteiger partial charge in [0.1, 0.15) is 5.54 Å². The highest BCUT2D eigenvalue weighted by molar-refractivity contribution is 5.80. The number of rotatable bonds is 6. The van der Waals surface area contributed by atoms with Gasteiger partial charge in [0.05, 0.1) is 7.11 Å². The normalized spacial score (nSPS) is 22.7. The molecule has 0 spiro atoms. The molecule has 1 unspecified atom stereocenters. The van der Waals surface area contributed by atoms with Crippen molar-refractivity contribution in [2.24, 2.45) is 0 Å². The molecule has 0 amide bonds. The van der Waals surface area contributed by atoms with E-state index in [0.717, 1.165) is 19.5 Å². The monoisotopic (exact) mass is 256 g/mol. The molecule has 0 bridgehead atoms. The number of esters is 1. The van der Waals surface area contributed by atoms with Gasteiger partial charge in [-0.2, -0.15) is 0 Å². The van der Waals surface area contributed by atoms with Gasteiger partial charge in [-0.1, -0.05) is 6.92 Å². The summed E-state index contributed by atoms with van der Waals surface area (Å²) in [6.07, 6.45) is 3.41. The molecule has 18 heavy (non-hydrogen) atoms. The average Bonchev–Trinajstić information content (AvgIpc) is 2.65. The van der Waals surface area contributed by atoms with Gasteiger partial charge in [-0.15, -0.1) is 0 Å². The summed E-state index contributed by atoms with van der Waals surface area (Å²) in [5, 5.41) is 3.34. The summed E-state index contributed by atoms with van der Waals surface area (Å²) in [7, 11) is 1.46. The first-order valence-corrected chi connectivity index (χ1v) is 6.94. The third kappa shape index (κ3) is 3.45. The predicted molar refractivity (Wildman–Crippen MR) is 73.6 cm³/mol. The summed E-state index contributed by atoms with van der Waals surface area (Å²) >= 11 is 0. The number of methoxy groups -OCH3 is 1. The lowest BCUT2D eigenvalue weighted by Crippen LogP contribution is -2.59. The topological polar surface area (TPSA) is 41.6 Å². The lowest BCUT2D eigenvalue weighted by Gasteiger charge is -2.38. The highest BCUT2D eigenvalue weighted by atomic mass is 16.5. The van der Waals surface area contributed by atoms with E-state index in [0.29, 0.717) is 6.54 Å². The van der Waals surface area contributed by atoms with Gasteiger partial charge in [0.15, 0.2) is 0 Å². The first kappa shape index (κ1) is 15.4. The maximum absolute atomic E-state index is 12.0. The van der Waals surface area contributed by atoms with Crippen molar-refractivity contribution in [3.05, 3.63) is 0 Å². The van der Waals surface area contributed by atoms with Crippen LogP contribution in [0.5, 0.6) is 0 Å². The first-order valence-electron chi connectivity index (χ1n) is 6.94. The Hall–Kier alpha value is -0.610. The van der Waals surface area contributed by atoms with Crippen molar-refractivity contribution in [1.82, 2.24) is 10.2 Å². The predicted octanol–water partition coefficient (Wildman–Crippen LogP) is 1.79. The molecule has 0 aromatic heterocycles. The number of nitrogens with one attached hydrogen (secondary N) is 1. The summed E-state index contributed by atoms with van der Waals surface area (Å²) in [6, 6.07) is 0. The second-order valence-corrected chi connectivity index (χ2v) is 6.09. The fraction of sp³-hybridized carbons (Fsp3) is 0.929. The molecule has 106 valence electrons. The zero-order chi connectivity index (χ0) is 13.8. The second-order valence-electron chi connectivity index (χ2n) is 6.09. The van der Waals surface area contributed by atoms with Crippen molar-refractivity contribution in [2.45, 2.75) is 58.0 Å². The van der Waals surface area contributed by atoms with Gasteiger partial charge >= 0.3 is 5.97 Å². The number of hydrogen-bond donors (Lipinski definition) is 1. The SMILES string of the molecule is CCCNC(C)(CN1CCCC1(C)C)C(=O)OC. The molecular weight excluding hydrogens is 228 g/mol. The molecule has 1 atom stereocenters.